The molecule has 0 aliphatic heterocycles. The first kappa shape index (κ1) is 24.8. The van der Waals surface area contributed by atoms with Gasteiger partial charge in [-0.1, -0.05) is 12.8 Å². The van der Waals surface area contributed by atoms with Gasteiger partial charge < -0.3 is 22.4 Å². The van der Waals surface area contributed by atoms with Crippen LogP contribution in [0.15, 0.2) is 0 Å². The summed E-state index contributed by atoms with van der Waals surface area (Å²) >= 11 is 0. The average molecular weight is 380 g/mol. The van der Waals surface area contributed by atoms with Crippen molar-refractivity contribution in [1.82, 2.24) is 0 Å². The number of hydrogen-bond acceptors (Lipinski definition) is 0. The SMILES string of the molecule is C[N-]C.C[N-]C.C[N-]C.[CH-]1CCCC1.[Hf+4]. The molecule has 15 heavy (non-hydrogen) atoms. The van der Waals surface area contributed by atoms with Gasteiger partial charge in [-0.15, -0.1) is 0 Å². The van der Waals surface area contributed by atoms with Crippen LogP contribution >= 0.6 is 0 Å². The minimum Gasteiger partial charge on any atom is -0.668 e. The molecular formula is C11H27HfN3. The summed E-state index contributed by atoms with van der Waals surface area (Å²) in [7, 11) is 10.5. The molecular weight excluding hydrogens is 353 g/mol. The molecule has 0 atom stereocenters. The van der Waals surface area contributed by atoms with E-state index in [0.29, 0.717) is 0 Å². The first-order chi connectivity index (χ1) is 6.74. The first-order valence-corrected chi connectivity index (χ1v) is 5.00. The predicted molar refractivity (Wildman–Crippen MR) is 68.4 cm³/mol. The zero-order valence-electron chi connectivity index (χ0n) is 11.2. The molecule has 0 spiro atoms. The van der Waals surface area contributed by atoms with Gasteiger partial charge in [-0.05, 0) is 0 Å². The van der Waals surface area contributed by atoms with E-state index in [0.717, 1.165) is 0 Å². The Morgan fingerprint density at radius 2 is 0.867 bits per heavy atom. The van der Waals surface area contributed by atoms with Crippen molar-refractivity contribution in [2.24, 2.45) is 0 Å². The molecule has 0 radical (unpaired) electrons. The molecule has 1 rings (SSSR count). The topological polar surface area (TPSA) is 42.3 Å². The Labute approximate surface area is 116 Å². The van der Waals surface area contributed by atoms with Crippen LogP contribution in [0.25, 0.3) is 16.0 Å². The average Bonchev–Trinajstić information content (AvgIpc) is 2.63. The van der Waals surface area contributed by atoms with Crippen molar-refractivity contribution < 1.29 is 25.8 Å². The summed E-state index contributed by atoms with van der Waals surface area (Å²) in [6.07, 6.45) is 8.00. The van der Waals surface area contributed by atoms with Gasteiger partial charge in [0.25, 0.3) is 0 Å². The Bertz CT molecular complexity index is 47.4. The van der Waals surface area contributed by atoms with Crippen LogP contribution in [0.1, 0.15) is 25.7 Å². The van der Waals surface area contributed by atoms with E-state index in [1.807, 2.05) is 0 Å². The van der Waals surface area contributed by atoms with E-state index in [2.05, 4.69) is 22.4 Å². The molecule has 0 aromatic carbocycles. The van der Waals surface area contributed by atoms with Crippen LogP contribution in [-0.4, -0.2) is 42.3 Å². The second kappa shape index (κ2) is 36.4. The summed E-state index contributed by atoms with van der Waals surface area (Å²) < 4.78 is 0. The van der Waals surface area contributed by atoms with E-state index in [1.165, 1.54) is 25.7 Å². The van der Waals surface area contributed by atoms with Gasteiger partial charge in [0.05, 0.1) is 0 Å². The Balaban J connectivity index is -0.0000000550. The summed E-state index contributed by atoms with van der Waals surface area (Å²) in [5, 5.41) is 10.5. The van der Waals surface area contributed by atoms with Gasteiger partial charge in [-0.2, -0.15) is 55.1 Å². The van der Waals surface area contributed by atoms with Crippen LogP contribution in [-0.2, 0) is 25.8 Å². The van der Waals surface area contributed by atoms with E-state index in [9.17, 15) is 0 Å². The van der Waals surface area contributed by atoms with E-state index >= 15 is 0 Å². The van der Waals surface area contributed by atoms with Gasteiger partial charge in [0.1, 0.15) is 0 Å². The minimum atomic E-state index is 0. The van der Waals surface area contributed by atoms with Crippen LogP contribution in [0, 0.1) is 6.42 Å². The smallest absolute Gasteiger partial charge is 0.668 e. The van der Waals surface area contributed by atoms with Crippen LogP contribution in [0.4, 0.5) is 0 Å². The first-order valence-electron chi connectivity index (χ1n) is 5.00. The normalized spacial score (nSPS) is 11.6. The minimum absolute atomic E-state index is 0. The van der Waals surface area contributed by atoms with Gasteiger partial charge in [0.2, 0.25) is 0 Å². The van der Waals surface area contributed by atoms with Crippen molar-refractivity contribution in [3.8, 4) is 0 Å². The van der Waals surface area contributed by atoms with Crippen LogP contribution < -0.4 is 0 Å². The van der Waals surface area contributed by atoms with Crippen molar-refractivity contribution in [3.05, 3.63) is 22.4 Å². The van der Waals surface area contributed by atoms with Gasteiger partial charge in [0, 0.05) is 0 Å². The van der Waals surface area contributed by atoms with Gasteiger partial charge in [-0.25, -0.2) is 0 Å². The van der Waals surface area contributed by atoms with Gasteiger partial charge >= 0.3 is 25.8 Å². The van der Waals surface area contributed by atoms with Gasteiger partial charge in [-0.3, -0.25) is 0 Å². The van der Waals surface area contributed by atoms with Crippen LogP contribution in [0.3, 0.4) is 0 Å². The molecule has 0 saturated heterocycles. The summed E-state index contributed by atoms with van der Waals surface area (Å²) in [5.74, 6) is 0. The van der Waals surface area contributed by atoms with E-state index in [-0.39, 0.29) is 25.8 Å². The molecule has 3 nitrogen and oxygen atoms in total. The maximum atomic E-state index is 3.50. The van der Waals surface area contributed by atoms with Crippen molar-refractivity contribution >= 4 is 0 Å². The Kier molecular flexibility index (Phi) is 60.3. The largest absolute Gasteiger partial charge is 4.00 e. The zero-order valence-corrected chi connectivity index (χ0v) is 14.8. The number of hydrogen-bond donors (Lipinski definition) is 0. The molecule has 0 aromatic rings. The van der Waals surface area contributed by atoms with Crippen LogP contribution in [0.2, 0.25) is 0 Å². The maximum absolute atomic E-state index is 3.50. The molecule has 0 aromatic heterocycles. The molecule has 0 bridgehead atoms. The van der Waals surface area contributed by atoms with Gasteiger partial charge in [0.15, 0.2) is 0 Å². The van der Waals surface area contributed by atoms with Crippen molar-refractivity contribution in [2.45, 2.75) is 25.7 Å². The quantitative estimate of drug-likeness (QED) is 0.456. The Hall–Kier alpha value is 0.750. The number of nitrogens with zero attached hydrogens (tertiary/aromatic N) is 3. The monoisotopic (exact) mass is 381 g/mol. The molecule has 0 heterocycles. The standard InChI is InChI=1S/C5H9.3C2H6N.Hf/c1-2-4-5-3-1;3*1-3-2;/h1H,2-5H2;3*1-2H3;/q4*-1;+4. The van der Waals surface area contributed by atoms with Crippen molar-refractivity contribution in [1.29, 1.82) is 0 Å². The Morgan fingerprint density at radius 3 is 0.933 bits per heavy atom. The molecule has 1 aliphatic rings. The molecule has 0 unspecified atom stereocenters. The fourth-order valence-electron chi connectivity index (χ4n) is 0.722. The second-order valence-corrected chi connectivity index (χ2v) is 2.91. The zero-order chi connectivity index (χ0) is 11.7. The molecule has 4 heteroatoms. The third-order valence-corrected chi connectivity index (χ3v) is 1.07. The van der Waals surface area contributed by atoms with Crippen LogP contribution in [0.5, 0.6) is 0 Å². The molecule has 0 amide bonds. The molecule has 1 saturated carbocycles. The summed E-state index contributed by atoms with van der Waals surface area (Å²) in [6, 6.07) is 0. The number of rotatable bonds is 0. The third-order valence-electron chi connectivity index (χ3n) is 1.07. The molecule has 0 N–H and O–H groups in total. The summed E-state index contributed by atoms with van der Waals surface area (Å²) in [4.78, 5) is 0. The Morgan fingerprint density at radius 1 is 0.667 bits per heavy atom. The van der Waals surface area contributed by atoms with E-state index < -0.39 is 0 Å². The van der Waals surface area contributed by atoms with Crippen molar-refractivity contribution in [2.75, 3.05) is 42.3 Å². The predicted octanol–water partition coefficient (Wildman–Crippen LogP) is 3.62. The van der Waals surface area contributed by atoms with E-state index in [4.69, 9.17) is 0 Å². The summed E-state index contributed by atoms with van der Waals surface area (Å²) in [5.41, 5.74) is 0. The molecule has 1 fully saturated rings. The second-order valence-electron chi connectivity index (χ2n) is 2.91. The molecule has 90 valence electrons. The summed E-state index contributed by atoms with van der Waals surface area (Å²) in [6.45, 7) is 0. The fourth-order valence-corrected chi connectivity index (χ4v) is 0.722. The third kappa shape index (κ3) is 72.5. The van der Waals surface area contributed by atoms with E-state index in [1.54, 1.807) is 42.3 Å². The maximum Gasteiger partial charge on any atom is 4.00 e. The fraction of sp³-hybridized carbons (Fsp3) is 0.909. The molecule has 1 aliphatic carbocycles. The van der Waals surface area contributed by atoms with Crippen molar-refractivity contribution in [3.63, 3.8) is 0 Å².